The van der Waals surface area contributed by atoms with Crippen molar-refractivity contribution in [1.29, 1.82) is 0 Å². The van der Waals surface area contributed by atoms with E-state index in [0.717, 1.165) is 16.9 Å². The van der Waals surface area contributed by atoms with Crippen LogP contribution in [0.4, 0.5) is 5.69 Å². The van der Waals surface area contributed by atoms with E-state index in [1.54, 1.807) is 29.2 Å². The third-order valence-corrected chi connectivity index (χ3v) is 6.56. The van der Waals surface area contributed by atoms with E-state index in [2.05, 4.69) is 13.8 Å². The van der Waals surface area contributed by atoms with Gasteiger partial charge in [-0.1, -0.05) is 54.7 Å². The predicted octanol–water partition coefficient (Wildman–Crippen LogP) is 6.81. The highest BCUT2D eigenvalue weighted by molar-refractivity contribution is 6.42. The molecule has 0 saturated carbocycles. The monoisotopic (exact) mass is 447 g/mol. The van der Waals surface area contributed by atoms with Crippen molar-refractivity contribution in [3.05, 3.63) is 74.4 Å². The normalized spacial score (nSPS) is 21.4. The first-order valence-electron chi connectivity index (χ1n) is 9.46. The number of hydrogen-bond acceptors (Lipinski definition) is 2. The summed E-state index contributed by atoms with van der Waals surface area (Å²) in [4.78, 5) is 28.2. The van der Waals surface area contributed by atoms with Gasteiger partial charge in [0.1, 0.15) is 0 Å². The van der Waals surface area contributed by atoms with E-state index in [4.69, 9.17) is 34.8 Å². The van der Waals surface area contributed by atoms with Crippen LogP contribution in [0, 0.1) is 5.41 Å². The molecule has 3 nitrogen and oxygen atoms in total. The van der Waals surface area contributed by atoms with Gasteiger partial charge in [0.15, 0.2) is 5.78 Å². The fourth-order valence-corrected chi connectivity index (χ4v) is 4.75. The maximum Gasteiger partial charge on any atom is 0.232 e. The van der Waals surface area contributed by atoms with E-state index in [0.29, 0.717) is 33.5 Å². The van der Waals surface area contributed by atoms with E-state index in [9.17, 15) is 9.59 Å². The highest BCUT2D eigenvalue weighted by atomic mass is 35.5. The molecular formula is C23H20Cl3NO2. The Kier molecular flexibility index (Phi) is 5.27. The Morgan fingerprint density at radius 3 is 2.28 bits per heavy atom. The third kappa shape index (κ3) is 3.84. The average molecular weight is 449 g/mol. The minimum absolute atomic E-state index is 0.0485. The topological polar surface area (TPSA) is 37.4 Å². The first-order valence-corrected chi connectivity index (χ1v) is 10.6. The van der Waals surface area contributed by atoms with Crippen molar-refractivity contribution in [2.45, 2.75) is 39.0 Å². The smallest absolute Gasteiger partial charge is 0.232 e. The molecule has 1 aliphatic heterocycles. The standard InChI is InChI=1S/C23H20Cl3NO2/c1-23(2)11-19-22(20(28)12-23)16(13-3-8-17(25)18(26)9-13)10-21(29)27(19)15-6-4-14(24)5-7-15/h3-9,16H,10-12H2,1-2H3. The number of halogens is 3. The summed E-state index contributed by atoms with van der Waals surface area (Å²) in [5, 5.41) is 1.47. The number of allylic oxidation sites excluding steroid dienone is 2. The Bertz CT molecular complexity index is 1040. The number of hydrogen-bond donors (Lipinski definition) is 0. The zero-order valence-electron chi connectivity index (χ0n) is 16.1. The average Bonchev–Trinajstić information content (AvgIpc) is 2.63. The van der Waals surface area contributed by atoms with E-state index >= 15 is 0 Å². The second-order valence-corrected chi connectivity index (χ2v) is 9.69. The second-order valence-electron chi connectivity index (χ2n) is 8.44. The molecule has 6 heteroatoms. The highest BCUT2D eigenvalue weighted by Crippen LogP contribution is 2.48. The number of amides is 1. The number of ketones is 1. The molecule has 1 unspecified atom stereocenters. The molecule has 2 aromatic rings. The van der Waals surface area contributed by atoms with Crippen LogP contribution in [0.1, 0.15) is 44.6 Å². The van der Waals surface area contributed by atoms with Crippen molar-refractivity contribution in [3.8, 4) is 0 Å². The molecule has 2 aliphatic rings. The number of benzene rings is 2. The Hall–Kier alpha value is -1.81. The van der Waals surface area contributed by atoms with Crippen molar-refractivity contribution < 1.29 is 9.59 Å². The summed E-state index contributed by atoms with van der Waals surface area (Å²) in [5.74, 6) is -0.286. The lowest BCUT2D eigenvalue weighted by Crippen LogP contribution is -2.43. The summed E-state index contributed by atoms with van der Waals surface area (Å²) in [5.41, 5.74) is 2.83. The molecule has 2 aromatic carbocycles. The van der Waals surface area contributed by atoms with Crippen molar-refractivity contribution in [1.82, 2.24) is 0 Å². The maximum atomic E-state index is 13.3. The molecule has 0 bridgehead atoms. The van der Waals surface area contributed by atoms with Gasteiger partial charge in [0.25, 0.3) is 0 Å². The first kappa shape index (κ1) is 20.5. The van der Waals surface area contributed by atoms with Gasteiger partial charge >= 0.3 is 0 Å². The van der Waals surface area contributed by atoms with Gasteiger partial charge in [-0.25, -0.2) is 0 Å². The van der Waals surface area contributed by atoms with Gasteiger partial charge in [-0.2, -0.15) is 0 Å². The van der Waals surface area contributed by atoms with E-state index in [1.807, 2.05) is 18.2 Å². The molecule has 0 N–H and O–H groups in total. The second kappa shape index (κ2) is 7.46. The Morgan fingerprint density at radius 1 is 0.931 bits per heavy atom. The molecule has 0 saturated heterocycles. The molecule has 1 atom stereocenters. The van der Waals surface area contributed by atoms with Gasteiger partial charge in [0, 0.05) is 40.7 Å². The van der Waals surface area contributed by atoms with E-state index in [-0.39, 0.29) is 29.4 Å². The number of carbonyl (C=O) groups is 2. The summed E-state index contributed by atoms with van der Waals surface area (Å²) >= 11 is 18.3. The van der Waals surface area contributed by atoms with Crippen LogP contribution >= 0.6 is 34.8 Å². The van der Waals surface area contributed by atoms with Gasteiger partial charge in [-0.05, 0) is 53.8 Å². The molecule has 29 heavy (non-hydrogen) atoms. The fourth-order valence-electron chi connectivity index (χ4n) is 4.32. The van der Waals surface area contributed by atoms with Crippen LogP contribution < -0.4 is 4.90 Å². The summed E-state index contributed by atoms with van der Waals surface area (Å²) < 4.78 is 0. The lowest BCUT2D eigenvalue weighted by Gasteiger charge is -2.43. The first-order chi connectivity index (χ1) is 13.7. The van der Waals surface area contributed by atoms with Crippen LogP contribution in [0.2, 0.25) is 15.1 Å². The molecule has 0 radical (unpaired) electrons. The van der Waals surface area contributed by atoms with Gasteiger partial charge in [-0.15, -0.1) is 0 Å². The minimum Gasteiger partial charge on any atom is -0.294 e. The molecule has 4 rings (SSSR count). The number of nitrogens with zero attached hydrogens (tertiary/aromatic N) is 1. The lowest BCUT2D eigenvalue weighted by molar-refractivity contribution is -0.121. The highest BCUT2D eigenvalue weighted by Gasteiger charge is 2.44. The fraction of sp³-hybridized carbons (Fsp3) is 0.304. The Balaban J connectivity index is 1.89. The molecule has 0 fully saturated rings. The van der Waals surface area contributed by atoms with Crippen molar-refractivity contribution >= 4 is 52.2 Å². The summed E-state index contributed by atoms with van der Waals surface area (Å²) in [7, 11) is 0. The number of carbonyl (C=O) groups excluding carboxylic acids is 2. The molecule has 1 aliphatic carbocycles. The summed E-state index contributed by atoms with van der Waals surface area (Å²) in [6.07, 6.45) is 1.29. The van der Waals surface area contributed by atoms with Crippen LogP contribution in [0.25, 0.3) is 0 Å². The van der Waals surface area contributed by atoms with Gasteiger partial charge in [-0.3, -0.25) is 14.5 Å². The zero-order valence-corrected chi connectivity index (χ0v) is 18.4. The van der Waals surface area contributed by atoms with Crippen molar-refractivity contribution in [2.24, 2.45) is 5.41 Å². The largest absolute Gasteiger partial charge is 0.294 e. The van der Waals surface area contributed by atoms with Gasteiger partial charge < -0.3 is 0 Å². The van der Waals surface area contributed by atoms with Crippen LogP contribution in [0.15, 0.2) is 53.7 Å². The van der Waals surface area contributed by atoms with Crippen LogP contribution in [0.3, 0.4) is 0 Å². The Morgan fingerprint density at radius 2 is 1.62 bits per heavy atom. The number of Topliss-reactive ketones (excluding diaryl/α,β-unsaturated/α-hetero) is 1. The molecule has 0 aromatic heterocycles. The van der Waals surface area contributed by atoms with E-state index in [1.165, 1.54) is 0 Å². The van der Waals surface area contributed by atoms with Crippen LogP contribution in [-0.4, -0.2) is 11.7 Å². The SMILES string of the molecule is CC1(C)CC(=O)C2=C(C1)N(c1ccc(Cl)cc1)C(=O)CC2c1ccc(Cl)c(Cl)c1. The molecule has 1 amide bonds. The third-order valence-electron chi connectivity index (χ3n) is 5.57. The minimum atomic E-state index is -0.320. The van der Waals surface area contributed by atoms with Crippen molar-refractivity contribution in [2.75, 3.05) is 4.90 Å². The van der Waals surface area contributed by atoms with Gasteiger partial charge in [0.2, 0.25) is 5.91 Å². The predicted molar refractivity (Wildman–Crippen MR) is 118 cm³/mol. The number of rotatable bonds is 2. The molecule has 150 valence electrons. The van der Waals surface area contributed by atoms with Crippen LogP contribution in [0.5, 0.6) is 0 Å². The van der Waals surface area contributed by atoms with Crippen LogP contribution in [-0.2, 0) is 9.59 Å². The quantitative estimate of drug-likeness (QED) is 0.506. The maximum absolute atomic E-state index is 13.3. The Labute approximate surface area is 185 Å². The zero-order chi connectivity index (χ0) is 20.9. The summed E-state index contributed by atoms with van der Waals surface area (Å²) in [6.45, 7) is 4.12. The molecular weight excluding hydrogens is 429 g/mol. The summed E-state index contributed by atoms with van der Waals surface area (Å²) in [6, 6.07) is 12.5. The lowest BCUT2D eigenvalue weighted by atomic mass is 9.69. The molecule has 0 spiro atoms. The number of anilines is 1. The van der Waals surface area contributed by atoms with Gasteiger partial charge in [0.05, 0.1) is 10.0 Å². The molecule has 1 heterocycles. The van der Waals surface area contributed by atoms with E-state index < -0.39 is 0 Å². The van der Waals surface area contributed by atoms with Crippen molar-refractivity contribution in [3.63, 3.8) is 0 Å².